The van der Waals surface area contributed by atoms with Gasteiger partial charge in [0, 0.05) is 72.0 Å². The molecule has 0 atom stereocenters. The first-order valence-electron chi connectivity index (χ1n) is 12.7. The normalized spacial score (nSPS) is 19.7. The van der Waals surface area contributed by atoms with Gasteiger partial charge in [-0.15, -0.1) is 0 Å². The zero-order chi connectivity index (χ0) is 22.4. The molecule has 0 radical (unpaired) electrons. The average Bonchev–Trinajstić information content (AvgIpc) is 2.85. The second-order valence-corrected chi connectivity index (χ2v) is 8.82. The minimum atomic E-state index is 0.928. The fraction of sp³-hybridized carbons (Fsp3) is 0.654. The highest BCUT2D eigenvalue weighted by molar-refractivity contribution is 5.80. The highest BCUT2D eigenvalue weighted by Crippen LogP contribution is 2.06. The minimum Gasteiger partial charge on any atom is -0.357 e. The lowest BCUT2D eigenvalue weighted by atomic mass is 10.2. The van der Waals surface area contributed by atoms with E-state index in [0.29, 0.717) is 0 Å². The Kier molecular flexibility index (Phi) is 11.1. The summed E-state index contributed by atoms with van der Waals surface area (Å²) >= 11 is 0. The van der Waals surface area contributed by atoms with E-state index in [1.807, 2.05) is 0 Å². The lowest BCUT2D eigenvalue weighted by molar-refractivity contribution is 0.136. The maximum Gasteiger partial charge on any atom is 0.194 e. The molecule has 1 aromatic rings. The lowest BCUT2D eigenvalue weighted by Crippen LogP contribution is -2.52. The highest BCUT2D eigenvalue weighted by atomic mass is 15.3. The van der Waals surface area contributed by atoms with Gasteiger partial charge in [0.1, 0.15) is 0 Å². The molecule has 0 unspecified atom stereocenters. The largest absolute Gasteiger partial charge is 0.357 e. The molecule has 2 fully saturated rings. The van der Waals surface area contributed by atoms with Crippen LogP contribution in [0.25, 0.3) is 6.08 Å². The van der Waals surface area contributed by atoms with Crippen molar-refractivity contribution < 1.29 is 0 Å². The smallest absolute Gasteiger partial charge is 0.194 e. The van der Waals surface area contributed by atoms with Crippen LogP contribution in [0.15, 0.2) is 41.4 Å². The number of hydrogen-bond acceptors (Lipinski definition) is 4. The summed E-state index contributed by atoms with van der Waals surface area (Å²) < 4.78 is 0. The summed E-state index contributed by atoms with van der Waals surface area (Å²) in [5, 5.41) is 3.51. The van der Waals surface area contributed by atoms with Crippen molar-refractivity contribution in [3.05, 3.63) is 42.0 Å². The molecule has 0 spiro atoms. The molecule has 1 aromatic carbocycles. The Morgan fingerprint density at radius 2 is 1.56 bits per heavy atom. The van der Waals surface area contributed by atoms with E-state index >= 15 is 0 Å². The Morgan fingerprint density at radius 3 is 2.25 bits per heavy atom. The summed E-state index contributed by atoms with van der Waals surface area (Å²) in [6.07, 6.45) is 6.93. The van der Waals surface area contributed by atoms with Crippen LogP contribution >= 0.6 is 0 Å². The van der Waals surface area contributed by atoms with Crippen molar-refractivity contribution in [3.63, 3.8) is 0 Å². The van der Waals surface area contributed by atoms with Crippen LogP contribution in [-0.2, 0) is 0 Å². The molecule has 2 saturated heterocycles. The standard InChI is InChI=1S/C26H44N6/c1-3-27-26(28-14-8-9-15-30-19-17-29(4-2)18-20-30)32-23-21-31(22-24-32)16-10-13-25-11-6-5-7-12-25/h5-7,10-13H,3-4,8-9,14-24H2,1-2H3,(H,27,28)/b13-10+. The van der Waals surface area contributed by atoms with Crippen molar-refractivity contribution in [1.82, 2.24) is 24.9 Å². The quantitative estimate of drug-likeness (QED) is 0.344. The molecular weight excluding hydrogens is 396 g/mol. The van der Waals surface area contributed by atoms with E-state index in [9.17, 15) is 0 Å². The van der Waals surface area contributed by atoms with E-state index in [0.717, 1.165) is 51.8 Å². The molecule has 0 aromatic heterocycles. The molecule has 2 aliphatic heterocycles. The average molecular weight is 441 g/mol. The van der Waals surface area contributed by atoms with Crippen LogP contribution in [0.5, 0.6) is 0 Å². The number of guanidine groups is 1. The summed E-state index contributed by atoms with van der Waals surface area (Å²) in [6, 6.07) is 10.6. The van der Waals surface area contributed by atoms with E-state index in [4.69, 9.17) is 4.99 Å². The monoisotopic (exact) mass is 440 g/mol. The summed E-state index contributed by atoms with van der Waals surface area (Å²) in [6.45, 7) is 18.9. The Bertz CT molecular complexity index is 673. The summed E-state index contributed by atoms with van der Waals surface area (Å²) in [5.74, 6) is 1.10. The molecule has 2 heterocycles. The topological polar surface area (TPSA) is 37.4 Å². The first-order valence-corrected chi connectivity index (χ1v) is 12.7. The van der Waals surface area contributed by atoms with Gasteiger partial charge in [-0.2, -0.15) is 0 Å². The molecule has 6 heteroatoms. The molecule has 0 bridgehead atoms. The SMILES string of the molecule is CCNC(=NCCCCN1CCN(CC)CC1)N1CCN(C/C=C/c2ccccc2)CC1. The van der Waals surface area contributed by atoms with E-state index in [1.54, 1.807) is 0 Å². The maximum atomic E-state index is 4.94. The maximum absolute atomic E-state index is 4.94. The number of nitrogens with one attached hydrogen (secondary N) is 1. The van der Waals surface area contributed by atoms with Crippen LogP contribution < -0.4 is 5.32 Å². The summed E-state index contributed by atoms with van der Waals surface area (Å²) in [5.41, 5.74) is 1.27. The van der Waals surface area contributed by atoms with Gasteiger partial charge in [-0.25, -0.2) is 0 Å². The van der Waals surface area contributed by atoms with Crippen LogP contribution in [0.4, 0.5) is 0 Å². The number of nitrogens with zero attached hydrogens (tertiary/aromatic N) is 5. The van der Waals surface area contributed by atoms with E-state index in [2.05, 4.69) is 81.2 Å². The number of aliphatic imine (C=N–C) groups is 1. The Labute approximate surface area is 196 Å². The van der Waals surface area contributed by atoms with Crippen LogP contribution in [0.2, 0.25) is 0 Å². The van der Waals surface area contributed by atoms with E-state index in [-0.39, 0.29) is 0 Å². The fourth-order valence-corrected chi connectivity index (χ4v) is 4.43. The van der Waals surface area contributed by atoms with Crippen LogP contribution in [-0.4, -0.2) is 111 Å². The third-order valence-electron chi connectivity index (χ3n) is 6.54. The fourth-order valence-electron chi connectivity index (χ4n) is 4.43. The molecule has 2 aliphatic rings. The van der Waals surface area contributed by atoms with Gasteiger partial charge in [-0.1, -0.05) is 49.4 Å². The van der Waals surface area contributed by atoms with Gasteiger partial charge in [-0.3, -0.25) is 9.89 Å². The van der Waals surface area contributed by atoms with E-state index in [1.165, 1.54) is 57.7 Å². The number of rotatable bonds is 10. The molecule has 0 saturated carbocycles. The third-order valence-corrected chi connectivity index (χ3v) is 6.54. The van der Waals surface area contributed by atoms with Crippen molar-refractivity contribution in [2.24, 2.45) is 4.99 Å². The Balaban J connectivity index is 1.33. The van der Waals surface area contributed by atoms with Crippen LogP contribution in [0, 0.1) is 0 Å². The van der Waals surface area contributed by atoms with Crippen LogP contribution in [0.1, 0.15) is 32.3 Å². The molecule has 3 rings (SSSR count). The van der Waals surface area contributed by atoms with Crippen molar-refractivity contribution in [3.8, 4) is 0 Å². The lowest BCUT2D eigenvalue weighted by Gasteiger charge is -2.36. The molecular formula is C26H44N6. The highest BCUT2D eigenvalue weighted by Gasteiger charge is 2.19. The van der Waals surface area contributed by atoms with Crippen molar-refractivity contribution in [2.45, 2.75) is 26.7 Å². The third kappa shape index (κ3) is 8.57. The molecule has 0 amide bonds. The summed E-state index contributed by atoms with van der Waals surface area (Å²) in [4.78, 5) is 15.1. The number of unbranched alkanes of at least 4 members (excludes halogenated alkanes) is 1. The van der Waals surface area contributed by atoms with Gasteiger partial charge in [-0.05, 0) is 38.4 Å². The van der Waals surface area contributed by atoms with Gasteiger partial charge in [0.15, 0.2) is 5.96 Å². The molecule has 178 valence electrons. The molecule has 6 nitrogen and oxygen atoms in total. The minimum absolute atomic E-state index is 0.928. The predicted molar refractivity (Wildman–Crippen MR) is 137 cm³/mol. The Morgan fingerprint density at radius 1 is 0.875 bits per heavy atom. The van der Waals surface area contributed by atoms with Gasteiger partial charge >= 0.3 is 0 Å². The second-order valence-electron chi connectivity index (χ2n) is 8.82. The van der Waals surface area contributed by atoms with Crippen molar-refractivity contribution in [1.29, 1.82) is 0 Å². The number of piperazine rings is 2. The summed E-state index contributed by atoms with van der Waals surface area (Å²) in [7, 11) is 0. The van der Waals surface area contributed by atoms with Gasteiger partial charge < -0.3 is 20.0 Å². The number of hydrogen-bond donors (Lipinski definition) is 1. The second kappa shape index (κ2) is 14.3. The van der Waals surface area contributed by atoms with Gasteiger partial charge in [0.25, 0.3) is 0 Å². The van der Waals surface area contributed by atoms with Gasteiger partial charge in [0.05, 0.1) is 0 Å². The van der Waals surface area contributed by atoms with Crippen molar-refractivity contribution >= 4 is 12.0 Å². The molecule has 1 N–H and O–H groups in total. The first-order chi connectivity index (χ1) is 15.8. The number of likely N-dealkylation sites (N-methyl/N-ethyl adjacent to an activating group) is 1. The van der Waals surface area contributed by atoms with Crippen molar-refractivity contribution in [2.75, 3.05) is 85.1 Å². The predicted octanol–water partition coefficient (Wildman–Crippen LogP) is 2.70. The molecule has 0 aliphatic carbocycles. The van der Waals surface area contributed by atoms with Gasteiger partial charge in [0.2, 0.25) is 0 Å². The molecule has 32 heavy (non-hydrogen) atoms. The Hall–Kier alpha value is -1.89. The van der Waals surface area contributed by atoms with E-state index < -0.39 is 0 Å². The number of benzene rings is 1. The zero-order valence-corrected chi connectivity index (χ0v) is 20.4. The van der Waals surface area contributed by atoms with Crippen LogP contribution in [0.3, 0.4) is 0 Å². The zero-order valence-electron chi connectivity index (χ0n) is 20.4. The first kappa shape index (κ1) is 24.7.